The normalized spacial score (nSPS) is 12.2. The molecule has 0 heterocycles. The summed E-state index contributed by atoms with van der Waals surface area (Å²) in [6.45, 7) is 1.85. The fourth-order valence-electron chi connectivity index (χ4n) is 1.98. The highest BCUT2D eigenvalue weighted by Gasteiger charge is 2.39. The van der Waals surface area contributed by atoms with E-state index < -0.39 is 24.3 Å². The monoisotopic (exact) mass is 316 g/mol. The summed E-state index contributed by atoms with van der Waals surface area (Å²) in [6.07, 6.45) is -5.21. The standard InChI is InChI=1S/C19H15F3O/c1-14-7-10-16(11-8-14)18(23)13-17(19(20,21)22)12-9-15-5-3-2-4-6-15/h2-8,10-11,17H,13H2,1H3. The first kappa shape index (κ1) is 16.8. The number of aryl methyl sites for hydroxylation is 1. The zero-order valence-electron chi connectivity index (χ0n) is 12.5. The quantitative estimate of drug-likeness (QED) is 0.587. The van der Waals surface area contributed by atoms with Gasteiger partial charge in [0.1, 0.15) is 5.92 Å². The largest absolute Gasteiger partial charge is 0.402 e. The Morgan fingerprint density at radius 3 is 2.22 bits per heavy atom. The van der Waals surface area contributed by atoms with E-state index in [1.54, 1.807) is 42.5 Å². The molecule has 0 amide bonds. The van der Waals surface area contributed by atoms with Crippen LogP contribution in [0.1, 0.15) is 27.9 Å². The fourth-order valence-corrected chi connectivity index (χ4v) is 1.98. The molecule has 118 valence electrons. The second-order valence-electron chi connectivity index (χ2n) is 5.22. The molecular formula is C19H15F3O. The number of hydrogen-bond donors (Lipinski definition) is 0. The number of Topliss-reactive ketones (excluding diaryl/α,β-unsaturated/α-hetero) is 1. The van der Waals surface area contributed by atoms with E-state index in [4.69, 9.17) is 0 Å². The van der Waals surface area contributed by atoms with Crippen LogP contribution < -0.4 is 0 Å². The van der Waals surface area contributed by atoms with E-state index in [9.17, 15) is 18.0 Å². The summed E-state index contributed by atoms with van der Waals surface area (Å²) in [7, 11) is 0. The number of hydrogen-bond acceptors (Lipinski definition) is 1. The van der Waals surface area contributed by atoms with Gasteiger partial charge >= 0.3 is 6.18 Å². The van der Waals surface area contributed by atoms with E-state index >= 15 is 0 Å². The van der Waals surface area contributed by atoms with Gasteiger partial charge in [-0.05, 0) is 19.1 Å². The van der Waals surface area contributed by atoms with Crippen molar-refractivity contribution in [2.75, 3.05) is 0 Å². The number of alkyl halides is 3. The maximum absolute atomic E-state index is 13.1. The molecule has 0 aromatic heterocycles. The molecule has 2 rings (SSSR count). The highest BCUT2D eigenvalue weighted by molar-refractivity contribution is 5.96. The maximum Gasteiger partial charge on any atom is 0.402 e. The summed E-state index contributed by atoms with van der Waals surface area (Å²) in [6, 6.07) is 14.9. The van der Waals surface area contributed by atoms with Gasteiger partial charge in [0, 0.05) is 17.5 Å². The van der Waals surface area contributed by atoms with Crippen LogP contribution in [0.5, 0.6) is 0 Å². The average molecular weight is 316 g/mol. The van der Waals surface area contributed by atoms with Crippen LogP contribution in [0.2, 0.25) is 0 Å². The first-order valence-electron chi connectivity index (χ1n) is 7.09. The van der Waals surface area contributed by atoms with Crippen LogP contribution >= 0.6 is 0 Å². The van der Waals surface area contributed by atoms with Gasteiger partial charge in [0.05, 0.1) is 0 Å². The van der Waals surface area contributed by atoms with Crippen molar-refractivity contribution in [2.24, 2.45) is 5.92 Å². The minimum atomic E-state index is -4.54. The highest BCUT2D eigenvalue weighted by atomic mass is 19.4. The topological polar surface area (TPSA) is 17.1 Å². The molecule has 0 saturated heterocycles. The van der Waals surface area contributed by atoms with E-state index in [0.717, 1.165) is 5.56 Å². The average Bonchev–Trinajstić information content (AvgIpc) is 2.51. The molecule has 2 aromatic carbocycles. The van der Waals surface area contributed by atoms with Crippen molar-refractivity contribution >= 4 is 5.78 Å². The molecule has 0 aliphatic rings. The Kier molecular flexibility index (Phi) is 5.23. The minimum absolute atomic E-state index is 0.270. The molecule has 0 bridgehead atoms. The molecule has 0 aliphatic carbocycles. The number of ketones is 1. The van der Waals surface area contributed by atoms with Crippen molar-refractivity contribution in [1.82, 2.24) is 0 Å². The maximum atomic E-state index is 13.1. The van der Waals surface area contributed by atoms with Crippen molar-refractivity contribution in [1.29, 1.82) is 0 Å². The third kappa shape index (κ3) is 5.00. The van der Waals surface area contributed by atoms with Gasteiger partial charge in [0.25, 0.3) is 0 Å². The van der Waals surface area contributed by atoms with E-state index in [-0.39, 0.29) is 5.56 Å². The Morgan fingerprint density at radius 2 is 1.65 bits per heavy atom. The van der Waals surface area contributed by atoms with Gasteiger partial charge in [-0.15, -0.1) is 0 Å². The number of carbonyl (C=O) groups is 1. The molecule has 1 nitrogen and oxygen atoms in total. The molecule has 0 N–H and O–H groups in total. The van der Waals surface area contributed by atoms with Crippen molar-refractivity contribution in [2.45, 2.75) is 19.5 Å². The summed E-state index contributed by atoms with van der Waals surface area (Å²) < 4.78 is 39.3. The molecule has 4 heteroatoms. The van der Waals surface area contributed by atoms with Crippen molar-refractivity contribution in [3.63, 3.8) is 0 Å². The molecule has 1 unspecified atom stereocenters. The van der Waals surface area contributed by atoms with Gasteiger partial charge in [0.15, 0.2) is 5.78 Å². The molecular weight excluding hydrogens is 301 g/mol. The number of carbonyl (C=O) groups excluding carboxylic acids is 1. The second-order valence-corrected chi connectivity index (χ2v) is 5.22. The van der Waals surface area contributed by atoms with Crippen molar-refractivity contribution in [3.05, 3.63) is 71.3 Å². The summed E-state index contributed by atoms with van der Waals surface area (Å²) in [5, 5.41) is 0. The van der Waals surface area contributed by atoms with E-state index in [0.29, 0.717) is 5.56 Å². The molecule has 23 heavy (non-hydrogen) atoms. The first-order valence-corrected chi connectivity index (χ1v) is 7.09. The summed E-state index contributed by atoms with van der Waals surface area (Å²) in [4.78, 5) is 12.1. The van der Waals surface area contributed by atoms with Crippen LogP contribution in [0.3, 0.4) is 0 Å². The summed E-state index contributed by atoms with van der Waals surface area (Å²) in [5.74, 6) is 2.15. The lowest BCUT2D eigenvalue weighted by Gasteiger charge is -2.14. The van der Waals surface area contributed by atoms with Crippen LogP contribution in [-0.4, -0.2) is 12.0 Å². The van der Waals surface area contributed by atoms with Crippen molar-refractivity contribution in [3.8, 4) is 11.8 Å². The van der Waals surface area contributed by atoms with Crippen LogP contribution in [0.4, 0.5) is 13.2 Å². The van der Waals surface area contributed by atoms with Gasteiger partial charge in [-0.1, -0.05) is 59.9 Å². The highest BCUT2D eigenvalue weighted by Crippen LogP contribution is 2.29. The zero-order valence-corrected chi connectivity index (χ0v) is 12.5. The molecule has 0 aliphatic heterocycles. The van der Waals surface area contributed by atoms with Crippen LogP contribution in [0.25, 0.3) is 0 Å². The number of rotatable bonds is 3. The molecule has 2 aromatic rings. The number of benzene rings is 2. The van der Waals surface area contributed by atoms with Crippen LogP contribution in [0, 0.1) is 24.7 Å². The van der Waals surface area contributed by atoms with Gasteiger partial charge in [-0.2, -0.15) is 13.2 Å². The Balaban J connectivity index is 2.18. The van der Waals surface area contributed by atoms with Crippen LogP contribution in [0.15, 0.2) is 54.6 Å². The third-order valence-corrected chi connectivity index (χ3v) is 3.32. The molecule has 0 fully saturated rings. The Labute approximate surface area is 133 Å². The zero-order chi connectivity index (χ0) is 16.9. The summed E-state index contributed by atoms with van der Waals surface area (Å²) in [5.41, 5.74) is 1.70. The first-order chi connectivity index (χ1) is 10.9. The van der Waals surface area contributed by atoms with Crippen molar-refractivity contribution < 1.29 is 18.0 Å². The second kappa shape index (κ2) is 7.15. The van der Waals surface area contributed by atoms with Gasteiger partial charge in [-0.3, -0.25) is 4.79 Å². The lowest BCUT2D eigenvalue weighted by molar-refractivity contribution is -0.157. The summed E-state index contributed by atoms with van der Waals surface area (Å²) >= 11 is 0. The van der Waals surface area contributed by atoms with Gasteiger partial charge in [-0.25, -0.2) is 0 Å². The van der Waals surface area contributed by atoms with E-state index in [2.05, 4.69) is 11.8 Å². The predicted octanol–water partition coefficient (Wildman–Crippen LogP) is 4.80. The Bertz CT molecular complexity index is 719. The van der Waals surface area contributed by atoms with Gasteiger partial charge < -0.3 is 0 Å². The molecule has 0 saturated carbocycles. The lowest BCUT2D eigenvalue weighted by Crippen LogP contribution is -2.24. The molecule has 0 spiro atoms. The minimum Gasteiger partial charge on any atom is -0.294 e. The molecule has 1 atom stereocenters. The Hall–Kier alpha value is -2.54. The molecule has 0 radical (unpaired) electrons. The predicted molar refractivity (Wildman–Crippen MR) is 83.0 cm³/mol. The SMILES string of the molecule is Cc1ccc(C(=O)CC(C#Cc2ccccc2)C(F)(F)F)cc1. The third-order valence-electron chi connectivity index (χ3n) is 3.32. The van der Waals surface area contributed by atoms with E-state index in [1.165, 1.54) is 12.1 Å². The smallest absolute Gasteiger partial charge is 0.294 e. The number of halogens is 3. The van der Waals surface area contributed by atoms with E-state index in [1.807, 2.05) is 6.92 Å². The fraction of sp³-hybridized carbons (Fsp3) is 0.211. The lowest BCUT2D eigenvalue weighted by atomic mass is 9.97. The van der Waals surface area contributed by atoms with Crippen LogP contribution in [-0.2, 0) is 0 Å². The van der Waals surface area contributed by atoms with Gasteiger partial charge in [0.2, 0.25) is 0 Å². The Morgan fingerprint density at radius 1 is 1.04 bits per heavy atom.